The van der Waals surface area contributed by atoms with Crippen LogP contribution < -0.4 is 0 Å². The maximum absolute atomic E-state index is 14.4. The number of Topliss-reactive ketones (excluding diaryl/α,β-unsaturated/α-hetero) is 2. The molecule has 0 radical (unpaired) electrons. The molecular formula is C41H69NO15. The van der Waals surface area contributed by atoms with Crippen molar-refractivity contribution in [3.8, 4) is 0 Å². The standard InChI is InChI=1S/C41H69NO15/c1-16-29-41(12,49)36(54-27(9)44)22(4)31(45)20(2)18-39(10,48)35(57-38-33(53-26(8)43)28(42(13)14)17-21(3)51-38)23(5)32(24(6)37(47)55-29)56-30-19-40(11,50-15)34(46)25(7)52-30/h20-25,28-30,32-33,35-36,38,48-49H,16-19H2,1-15H3/t20-,21-,22+,23+,24-,25+,28+,29-,30+,32+,33-,35-,36-,38+,39+,40-,41-/m1/s1. The maximum atomic E-state index is 14.4. The zero-order chi connectivity index (χ0) is 43.5. The van der Waals surface area contributed by atoms with Gasteiger partial charge in [0.2, 0.25) is 0 Å². The molecule has 0 bridgehead atoms. The van der Waals surface area contributed by atoms with Crippen molar-refractivity contribution in [3.63, 3.8) is 0 Å². The highest BCUT2D eigenvalue weighted by Gasteiger charge is 2.54. The van der Waals surface area contributed by atoms with Gasteiger partial charge < -0.3 is 53.0 Å². The first-order valence-electron chi connectivity index (χ1n) is 20.1. The maximum Gasteiger partial charge on any atom is 0.311 e. The molecular weight excluding hydrogens is 746 g/mol. The molecule has 57 heavy (non-hydrogen) atoms. The molecule has 3 aliphatic heterocycles. The molecule has 0 aromatic heterocycles. The number of cyclic esters (lactones) is 1. The summed E-state index contributed by atoms with van der Waals surface area (Å²) in [4.78, 5) is 68.5. The predicted octanol–water partition coefficient (Wildman–Crippen LogP) is 3.14. The van der Waals surface area contributed by atoms with Crippen molar-refractivity contribution >= 4 is 29.5 Å². The molecule has 3 heterocycles. The van der Waals surface area contributed by atoms with Gasteiger partial charge in [-0.2, -0.15) is 0 Å². The van der Waals surface area contributed by atoms with Crippen LogP contribution in [-0.4, -0.2) is 144 Å². The van der Waals surface area contributed by atoms with Gasteiger partial charge in [0.1, 0.15) is 35.3 Å². The molecule has 3 aliphatic rings. The van der Waals surface area contributed by atoms with E-state index < -0.39 is 113 Å². The van der Waals surface area contributed by atoms with Crippen LogP contribution in [-0.2, 0) is 61.9 Å². The number of esters is 3. The average Bonchev–Trinajstić information content (AvgIpc) is 3.11. The van der Waals surface area contributed by atoms with E-state index in [-0.39, 0.29) is 37.2 Å². The van der Waals surface area contributed by atoms with Gasteiger partial charge >= 0.3 is 17.9 Å². The van der Waals surface area contributed by atoms with Crippen LogP contribution in [0.2, 0.25) is 0 Å². The highest BCUT2D eigenvalue weighted by Crippen LogP contribution is 2.41. The first kappa shape index (κ1) is 48.8. The van der Waals surface area contributed by atoms with E-state index in [0.29, 0.717) is 6.42 Å². The topological polar surface area (TPSA) is 203 Å². The quantitative estimate of drug-likeness (QED) is 0.254. The highest BCUT2D eigenvalue weighted by molar-refractivity contribution is 5.91. The lowest BCUT2D eigenvalue weighted by atomic mass is 9.74. The monoisotopic (exact) mass is 815 g/mol. The molecule has 2 N–H and O–H groups in total. The van der Waals surface area contributed by atoms with Crippen LogP contribution in [0.25, 0.3) is 0 Å². The Labute approximate surface area is 337 Å². The Kier molecular flexibility index (Phi) is 16.4. The third-order valence-corrected chi connectivity index (χ3v) is 12.1. The summed E-state index contributed by atoms with van der Waals surface area (Å²) in [7, 11) is 5.10. The highest BCUT2D eigenvalue weighted by atomic mass is 16.7. The second-order valence-electron chi connectivity index (χ2n) is 17.4. The number of rotatable bonds is 9. The molecule has 17 atom stereocenters. The van der Waals surface area contributed by atoms with Crippen molar-refractivity contribution in [2.24, 2.45) is 23.7 Å². The van der Waals surface area contributed by atoms with Gasteiger partial charge in [0.25, 0.3) is 0 Å². The van der Waals surface area contributed by atoms with Gasteiger partial charge in [-0.05, 0) is 74.9 Å². The Morgan fingerprint density at radius 3 is 1.96 bits per heavy atom. The van der Waals surface area contributed by atoms with Crippen LogP contribution in [0, 0.1) is 23.7 Å². The van der Waals surface area contributed by atoms with Gasteiger partial charge in [0.05, 0.1) is 41.8 Å². The summed E-state index contributed by atoms with van der Waals surface area (Å²) >= 11 is 0. The summed E-state index contributed by atoms with van der Waals surface area (Å²) in [5.74, 6) is -6.94. The summed E-state index contributed by atoms with van der Waals surface area (Å²) in [6, 6.07) is -0.345. The Balaban J connectivity index is 2.28. The number of likely N-dealkylation sites (N-methyl/N-ethyl adjacent to an activating group) is 1. The van der Waals surface area contributed by atoms with E-state index in [1.807, 2.05) is 25.9 Å². The summed E-state index contributed by atoms with van der Waals surface area (Å²) in [6.07, 6.45) is -9.36. The molecule has 0 aliphatic carbocycles. The van der Waals surface area contributed by atoms with Crippen LogP contribution >= 0.6 is 0 Å². The molecule has 3 saturated heterocycles. The number of aliphatic hydroxyl groups is 2. The number of carbonyl (C=O) groups is 5. The van der Waals surface area contributed by atoms with Gasteiger partial charge in [0.15, 0.2) is 24.5 Å². The van der Waals surface area contributed by atoms with Gasteiger partial charge in [-0.3, -0.25) is 24.0 Å². The third-order valence-electron chi connectivity index (χ3n) is 12.1. The molecule has 0 aromatic carbocycles. The van der Waals surface area contributed by atoms with Crippen LogP contribution in [0.5, 0.6) is 0 Å². The summed E-state index contributed by atoms with van der Waals surface area (Å²) in [6.45, 7) is 18.4. The van der Waals surface area contributed by atoms with E-state index in [1.165, 1.54) is 34.8 Å². The summed E-state index contributed by atoms with van der Waals surface area (Å²) in [5, 5.41) is 24.7. The van der Waals surface area contributed by atoms with E-state index in [0.717, 1.165) is 6.92 Å². The molecule has 0 spiro atoms. The number of ether oxygens (including phenoxy) is 8. The molecule has 0 unspecified atom stereocenters. The lowest BCUT2D eigenvalue weighted by Crippen LogP contribution is -2.61. The molecule has 328 valence electrons. The second kappa shape index (κ2) is 19.2. The predicted molar refractivity (Wildman–Crippen MR) is 204 cm³/mol. The van der Waals surface area contributed by atoms with Crippen LogP contribution in [0.4, 0.5) is 0 Å². The van der Waals surface area contributed by atoms with E-state index in [9.17, 15) is 34.2 Å². The minimum absolute atomic E-state index is 0.0400. The molecule has 0 aromatic rings. The second-order valence-corrected chi connectivity index (χ2v) is 17.4. The normalized spacial score (nSPS) is 44.2. The number of nitrogens with zero attached hydrogens (tertiary/aromatic N) is 1. The SMILES string of the molecule is CC[C@H]1OC(=O)[C@H](C)[C@@H](O[C@H]2C[C@@](C)(OC)C(=O)[C@H](C)O2)[C@H](C)[C@@H](O[C@@H]2O[C@H](C)C[C@H](N(C)C)[C@H]2OC(C)=O)[C@@](C)(O)C[C@@H](C)C(=O)[C@H](C)[C@@H](OC(C)=O)[C@]1(C)O. The lowest BCUT2D eigenvalue weighted by Gasteiger charge is -2.48. The Morgan fingerprint density at radius 2 is 1.44 bits per heavy atom. The fourth-order valence-electron chi connectivity index (χ4n) is 8.96. The number of ketones is 2. The van der Waals surface area contributed by atoms with Crippen molar-refractivity contribution in [1.29, 1.82) is 0 Å². The van der Waals surface area contributed by atoms with Crippen LogP contribution in [0.3, 0.4) is 0 Å². The van der Waals surface area contributed by atoms with Gasteiger partial charge in [0, 0.05) is 39.2 Å². The first-order valence-corrected chi connectivity index (χ1v) is 20.1. The Hall–Kier alpha value is -2.57. The van der Waals surface area contributed by atoms with E-state index >= 15 is 0 Å². The molecule has 3 rings (SSSR count). The smallest absolute Gasteiger partial charge is 0.311 e. The van der Waals surface area contributed by atoms with Crippen molar-refractivity contribution in [1.82, 2.24) is 4.90 Å². The average molecular weight is 816 g/mol. The van der Waals surface area contributed by atoms with E-state index in [2.05, 4.69) is 0 Å². The number of hydrogen-bond donors (Lipinski definition) is 2. The van der Waals surface area contributed by atoms with E-state index in [1.54, 1.807) is 41.5 Å². The minimum atomic E-state index is -2.03. The number of methoxy groups -OCH3 is 1. The molecule has 0 amide bonds. The van der Waals surface area contributed by atoms with Crippen LogP contribution in [0.1, 0.15) is 109 Å². The zero-order valence-electron chi connectivity index (χ0n) is 36.6. The molecule has 3 fully saturated rings. The first-order chi connectivity index (χ1) is 26.2. The molecule has 16 nitrogen and oxygen atoms in total. The molecule has 0 saturated carbocycles. The van der Waals surface area contributed by atoms with Crippen LogP contribution in [0.15, 0.2) is 0 Å². The molecule has 16 heteroatoms. The van der Waals surface area contributed by atoms with Crippen molar-refractivity contribution in [2.75, 3.05) is 21.2 Å². The number of hydrogen-bond acceptors (Lipinski definition) is 16. The number of carbonyl (C=O) groups excluding carboxylic acids is 5. The fraction of sp³-hybridized carbons (Fsp3) is 0.878. The third kappa shape index (κ3) is 11.2. The van der Waals surface area contributed by atoms with Crippen molar-refractivity contribution < 1.29 is 72.1 Å². The summed E-state index contributed by atoms with van der Waals surface area (Å²) < 4.78 is 48.9. The Morgan fingerprint density at radius 1 is 0.842 bits per heavy atom. The van der Waals surface area contributed by atoms with Gasteiger partial charge in [-0.1, -0.05) is 27.7 Å². The zero-order valence-corrected chi connectivity index (χ0v) is 36.6. The fourth-order valence-corrected chi connectivity index (χ4v) is 8.96. The van der Waals surface area contributed by atoms with Crippen molar-refractivity contribution in [2.45, 2.75) is 187 Å². The van der Waals surface area contributed by atoms with E-state index in [4.69, 9.17) is 37.9 Å². The van der Waals surface area contributed by atoms with Crippen molar-refractivity contribution in [3.05, 3.63) is 0 Å². The van der Waals surface area contributed by atoms with Gasteiger partial charge in [-0.25, -0.2) is 0 Å². The lowest BCUT2D eigenvalue weighted by molar-refractivity contribution is -0.309. The summed E-state index contributed by atoms with van der Waals surface area (Å²) in [5.41, 5.74) is -5.20. The van der Waals surface area contributed by atoms with Gasteiger partial charge in [-0.15, -0.1) is 0 Å². The minimum Gasteiger partial charge on any atom is -0.459 e. The Bertz CT molecular complexity index is 1430. The largest absolute Gasteiger partial charge is 0.459 e.